The van der Waals surface area contributed by atoms with E-state index in [4.69, 9.17) is 5.73 Å². The fourth-order valence-electron chi connectivity index (χ4n) is 3.05. The van der Waals surface area contributed by atoms with Gasteiger partial charge in [0, 0.05) is 29.8 Å². The number of nitrogens with two attached hydrogens (primary N) is 1. The van der Waals surface area contributed by atoms with Gasteiger partial charge in [-0.1, -0.05) is 46.3 Å². The predicted molar refractivity (Wildman–Crippen MR) is 101 cm³/mol. The Hall–Kier alpha value is -1.85. The zero-order valence-corrected chi connectivity index (χ0v) is 15.1. The summed E-state index contributed by atoms with van der Waals surface area (Å²) in [4.78, 5) is 14.6. The normalized spacial score (nSPS) is 18.4. The molecule has 2 aromatic carbocycles. The molecule has 0 radical (unpaired) electrons. The maximum atomic E-state index is 12.2. The lowest BCUT2D eigenvalue weighted by Crippen LogP contribution is -2.37. The molecule has 0 aromatic heterocycles. The molecular formula is C19H22BrN3O. The summed E-state index contributed by atoms with van der Waals surface area (Å²) < 4.78 is 1.09. The fraction of sp³-hybridized carbons (Fsp3) is 0.316. The van der Waals surface area contributed by atoms with Gasteiger partial charge in [0.05, 0.1) is 0 Å². The lowest BCUT2D eigenvalue weighted by atomic mass is 10.1. The quantitative estimate of drug-likeness (QED) is 0.828. The number of hydrogen-bond acceptors (Lipinski definition) is 3. The fourth-order valence-corrected chi connectivity index (χ4v) is 3.32. The van der Waals surface area contributed by atoms with Crippen molar-refractivity contribution in [3.63, 3.8) is 0 Å². The molecule has 126 valence electrons. The van der Waals surface area contributed by atoms with Crippen LogP contribution in [0.3, 0.4) is 0 Å². The summed E-state index contributed by atoms with van der Waals surface area (Å²) >= 11 is 3.46. The largest absolute Gasteiger partial charge is 0.371 e. The van der Waals surface area contributed by atoms with E-state index < -0.39 is 6.04 Å². The number of carbonyl (C=O) groups excluding carboxylic acids is 1. The van der Waals surface area contributed by atoms with Gasteiger partial charge in [-0.25, -0.2) is 0 Å². The Balaban J connectivity index is 1.49. The van der Waals surface area contributed by atoms with Crippen molar-refractivity contribution in [1.82, 2.24) is 5.32 Å². The van der Waals surface area contributed by atoms with Crippen LogP contribution in [0.15, 0.2) is 59.1 Å². The number of benzene rings is 2. The zero-order valence-electron chi connectivity index (χ0n) is 13.5. The summed E-state index contributed by atoms with van der Waals surface area (Å²) in [5.41, 5.74) is 8.10. The molecule has 5 heteroatoms. The summed E-state index contributed by atoms with van der Waals surface area (Å²) in [6.07, 6.45) is 1.08. The van der Waals surface area contributed by atoms with Crippen LogP contribution in [-0.2, 0) is 4.79 Å². The number of hydrogen-bond donors (Lipinski definition) is 2. The Kier molecular flexibility index (Phi) is 5.53. The maximum absolute atomic E-state index is 12.2. The number of amides is 1. The van der Waals surface area contributed by atoms with Crippen molar-refractivity contribution < 1.29 is 4.79 Å². The van der Waals surface area contributed by atoms with Crippen molar-refractivity contribution in [2.45, 2.75) is 12.5 Å². The summed E-state index contributed by atoms with van der Waals surface area (Å²) in [5.74, 6) is 0.351. The molecule has 1 heterocycles. The molecule has 1 aliphatic rings. The Labute approximate surface area is 151 Å². The summed E-state index contributed by atoms with van der Waals surface area (Å²) in [6.45, 7) is 2.65. The highest BCUT2D eigenvalue weighted by Crippen LogP contribution is 2.25. The smallest absolute Gasteiger partial charge is 0.241 e. The van der Waals surface area contributed by atoms with E-state index in [1.807, 2.05) is 30.3 Å². The van der Waals surface area contributed by atoms with Gasteiger partial charge in [-0.3, -0.25) is 4.79 Å². The minimum Gasteiger partial charge on any atom is -0.371 e. The number of nitrogens with one attached hydrogen (secondary N) is 1. The van der Waals surface area contributed by atoms with Gasteiger partial charge >= 0.3 is 0 Å². The van der Waals surface area contributed by atoms with Crippen molar-refractivity contribution in [2.75, 3.05) is 24.5 Å². The average molecular weight is 388 g/mol. The topological polar surface area (TPSA) is 58.4 Å². The van der Waals surface area contributed by atoms with Gasteiger partial charge in [-0.2, -0.15) is 0 Å². The molecule has 2 aromatic rings. The SMILES string of the molecule is NC(C(=O)NCC1CCN(c2ccc(Br)cc2)C1)c1ccccc1. The standard InChI is InChI=1S/C19H22BrN3O/c20-16-6-8-17(9-7-16)23-11-10-14(13-23)12-22-19(24)18(21)15-4-2-1-3-5-15/h1-9,14,18H,10-13,21H2,(H,22,24). The molecule has 4 nitrogen and oxygen atoms in total. The van der Waals surface area contributed by atoms with Gasteiger partial charge in [-0.05, 0) is 42.2 Å². The first-order chi connectivity index (χ1) is 11.6. The van der Waals surface area contributed by atoms with E-state index >= 15 is 0 Å². The van der Waals surface area contributed by atoms with Gasteiger partial charge in [0.15, 0.2) is 0 Å². The second kappa shape index (κ2) is 7.81. The molecule has 0 aliphatic carbocycles. The van der Waals surface area contributed by atoms with Crippen LogP contribution in [0.4, 0.5) is 5.69 Å². The predicted octanol–water partition coefficient (Wildman–Crippen LogP) is 3.09. The third kappa shape index (κ3) is 4.16. The van der Waals surface area contributed by atoms with Crippen LogP contribution in [0.1, 0.15) is 18.0 Å². The maximum Gasteiger partial charge on any atom is 0.241 e. The highest BCUT2D eigenvalue weighted by atomic mass is 79.9. The monoisotopic (exact) mass is 387 g/mol. The molecule has 2 atom stereocenters. The van der Waals surface area contributed by atoms with E-state index in [0.29, 0.717) is 12.5 Å². The van der Waals surface area contributed by atoms with Crippen molar-refractivity contribution >= 4 is 27.5 Å². The zero-order chi connectivity index (χ0) is 16.9. The molecular weight excluding hydrogens is 366 g/mol. The van der Waals surface area contributed by atoms with Crippen LogP contribution < -0.4 is 16.0 Å². The van der Waals surface area contributed by atoms with Crippen LogP contribution in [0, 0.1) is 5.92 Å². The lowest BCUT2D eigenvalue weighted by molar-refractivity contribution is -0.122. The molecule has 3 N–H and O–H groups in total. The van der Waals surface area contributed by atoms with E-state index in [1.165, 1.54) is 5.69 Å². The van der Waals surface area contributed by atoms with Crippen LogP contribution >= 0.6 is 15.9 Å². The summed E-state index contributed by atoms with van der Waals surface area (Å²) in [7, 11) is 0. The van der Waals surface area contributed by atoms with Crippen LogP contribution in [0.2, 0.25) is 0 Å². The second-order valence-electron chi connectivity index (χ2n) is 6.21. The Morgan fingerprint density at radius 1 is 1.21 bits per heavy atom. The molecule has 24 heavy (non-hydrogen) atoms. The van der Waals surface area contributed by atoms with Gasteiger partial charge in [0.2, 0.25) is 5.91 Å². The first-order valence-corrected chi connectivity index (χ1v) is 9.01. The van der Waals surface area contributed by atoms with Crippen LogP contribution in [0.25, 0.3) is 0 Å². The molecule has 0 saturated carbocycles. The van der Waals surface area contributed by atoms with Gasteiger partial charge in [0.25, 0.3) is 0 Å². The number of carbonyl (C=O) groups is 1. The highest BCUT2D eigenvalue weighted by Gasteiger charge is 2.24. The van der Waals surface area contributed by atoms with E-state index in [1.54, 1.807) is 0 Å². The molecule has 0 spiro atoms. The van der Waals surface area contributed by atoms with Gasteiger partial charge in [0.1, 0.15) is 6.04 Å². The van der Waals surface area contributed by atoms with E-state index in [0.717, 1.165) is 29.5 Å². The third-order valence-corrected chi connectivity index (χ3v) is 5.01. The molecule has 2 unspecified atom stereocenters. The number of rotatable bonds is 5. The van der Waals surface area contributed by atoms with E-state index in [2.05, 4.69) is 50.4 Å². The first kappa shape index (κ1) is 17.0. The molecule has 3 rings (SSSR count). The van der Waals surface area contributed by atoms with Crippen molar-refractivity contribution in [3.8, 4) is 0 Å². The number of nitrogens with zero attached hydrogens (tertiary/aromatic N) is 1. The average Bonchev–Trinajstić information content (AvgIpc) is 3.09. The van der Waals surface area contributed by atoms with Gasteiger partial charge < -0.3 is 16.0 Å². The lowest BCUT2D eigenvalue weighted by Gasteiger charge is -2.19. The van der Waals surface area contributed by atoms with Crippen LogP contribution in [0.5, 0.6) is 0 Å². The Morgan fingerprint density at radius 3 is 2.62 bits per heavy atom. The minimum atomic E-state index is -0.602. The molecule has 1 aliphatic heterocycles. The summed E-state index contributed by atoms with van der Waals surface area (Å²) in [6, 6.07) is 17.2. The van der Waals surface area contributed by atoms with Crippen molar-refractivity contribution in [3.05, 3.63) is 64.6 Å². The Morgan fingerprint density at radius 2 is 1.92 bits per heavy atom. The highest BCUT2D eigenvalue weighted by molar-refractivity contribution is 9.10. The van der Waals surface area contributed by atoms with E-state index in [9.17, 15) is 4.79 Å². The molecule has 1 fully saturated rings. The number of anilines is 1. The molecule has 1 amide bonds. The van der Waals surface area contributed by atoms with Crippen molar-refractivity contribution in [1.29, 1.82) is 0 Å². The molecule has 1 saturated heterocycles. The van der Waals surface area contributed by atoms with E-state index in [-0.39, 0.29) is 5.91 Å². The summed E-state index contributed by atoms with van der Waals surface area (Å²) in [5, 5.41) is 3.01. The Bertz CT molecular complexity index is 675. The van der Waals surface area contributed by atoms with Gasteiger partial charge in [-0.15, -0.1) is 0 Å². The molecule has 0 bridgehead atoms. The number of halogens is 1. The van der Waals surface area contributed by atoms with Crippen LogP contribution in [-0.4, -0.2) is 25.5 Å². The first-order valence-electron chi connectivity index (χ1n) is 8.22. The second-order valence-corrected chi connectivity index (χ2v) is 7.13. The third-order valence-electron chi connectivity index (χ3n) is 4.48. The minimum absolute atomic E-state index is 0.108. The van der Waals surface area contributed by atoms with Crippen molar-refractivity contribution in [2.24, 2.45) is 11.7 Å².